The fourth-order valence-electron chi connectivity index (χ4n) is 3.22. The molecule has 1 atom stereocenters. The molecule has 180 valence electrons. The fourth-order valence-corrected chi connectivity index (χ4v) is 4.66. The quantitative estimate of drug-likeness (QED) is 0.270. The molecule has 1 aromatic rings. The van der Waals surface area contributed by atoms with Gasteiger partial charge in [-0.05, 0) is 71.4 Å². The number of aromatic hydroxyl groups is 2. The summed E-state index contributed by atoms with van der Waals surface area (Å²) < 4.78 is 27.9. The molecule has 1 amide bonds. The molecule has 0 fully saturated rings. The molecule has 0 aliphatic heterocycles. The summed E-state index contributed by atoms with van der Waals surface area (Å²) in [6.07, 6.45) is 8.66. The average Bonchev–Trinajstić information content (AvgIpc) is 2.66. The van der Waals surface area contributed by atoms with Crippen LogP contribution in [0.25, 0.3) is 0 Å². The number of carbonyl (C=O) groups excluding carboxylic acids is 1. The first kappa shape index (κ1) is 27.7. The van der Waals surface area contributed by atoms with Crippen LogP contribution in [-0.2, 0) is 27.7 Å². The van der Waals surface area contributed by atoms with Crippen molar-refractivity contribution in [2.45, 2.75) is 90.5 Å². The van der Waals surface area contributed by atoms with Gasteiger partial charge in [0.2, 0.25) is 5.91 Å². The molecule has 32 heavy (non-hydrogen) atoms. The van der Waals surface area contributed by atoms with E-state index in [1.165, 1.54) is 18.6 Å². The first-order chi connectivity index (χ1) is 14.9. The van der Waals surface area contributed by atoms with Crippen LogP contribution in [0.1, 0.15) is 77.8 Å². The van der Waals surface area contributed by atoms with Gasteiger partial charge in [0.15, 0.2) is 0 Å². The van der Waals surface area contributed by atoms with Crippen molar-refractivity contribution in [3.63, 3.8) is 0 Å². The maximum absolute atomic E-state index is 13.0. The first-order valence-corrected chi connectivity index (χ1v) is 12.6. The van der Waals surface area contributed by atoms with Crippen LogP contribution in [0, 0.1) is 0 Å². The highest BCUT2D eigenvalue weighted by molar-refractivity contribution is 7.90. The molecule has 0 spiro atoms. The van der Waals surface area contributed by atoms with Gasteiger partial charge in [-0.15, -0.1) is 0 Å². The topological polar surface area (TPSA) is 130 Å². The van der Waals surface area contributed by atoms with E-state index in [2.05, 4.69) is 6.08 Å². The van der Waals surface area contributed by atoms with Gasteiger partial charge in [-0.3, -0.25) is 4.79 Å². The molecule has 0 saturated carbocycles. The summed E-state index contributed by atoms with van der Waals surface area (Å²) in [5.74, 6) is -1.57. The van der Waals surface area contributed by atoms with Crippen LogP contribution in [0.2, 0.25) is 0 Å². The summed E-state index contributed by atoms with van der Waals surface area (Å²) in [7, 11) is -4.37. The van der Waals surface area contributed by atoms with Gasteiger partial charge in [-0.25, -0.2) is 13.1 Å². The van der Waals surface area contributed by atoms with Crippen molar-refractivity contribution >= 4 is 15.9 Å². The second kappa shape index (κ2) is 12.6. The van der Waals surface area contributed by atoms with E-state index in [0.717, 1.165) is 31.3 Å². The lowest BCUT2D eigenvalue weighted by Crippen LogP contribution is -2.41. The number of carbonyl (C=O) groups is 1. The fraction of sp³-hybridized carbons (Fsp3) is 0.542. The van der Waals surface area contributed by atoms with Crippen molar-refractivity contribution in [2.75, 3.05) is 0 Å². The third kappa shape index (κ3) is 8.31. The zero-order chi connectivity index (χ0) is 24.5. The standard InChI is InChI=1S/C24H38N2O5S/c1-6-7-8-12-19-15-21(27)20(14-13-17(4)11-9-10-16(2)3)22(28)23(19)32(30,31)26-24(29)18(5)25/h10,13,15,18,27-28H,6-9,11-12,14,25H2,1-5H3,(H,26,29)/b17-13+. The van der Waals surface area contributed by atoms with Gasteiger partial charge in [0.05, 0.1) is 6.04 Å². The van der Waals surface area contributed by atoms with E-state index < -0.39 is 27.7 Å². The van der Waals surface area contributed by atoms with Crippen LogP contribution in [-0.4, -0.2) is 30.6 Å². The molecule has 0 aliphatic rings. The summed E-state index contributed by atoms with van der Waals surface area (Å²) in [6.45, 7) is 9.40. The Morgan fingerprint density at radius 3 is 2.41 bits per heavy atom. The number of rotatable bonds is 12. The maximum atomic E-state index is 13.0. The molecule has 0 aliphatic carbocycles. The van der Waals surface area contributed by atoms with E-state index in [9.17, 15) is 23.4 Å². The third-order valence-electron chi connectivity index (χ3n) is 5.13. The Hall–Kier alpha value is -2.32. The van der Waals surface area contributed by atoms with E-state index in [1.807, 2.05) is 38.5 Å². The summed E-state index contributed by atoms with van der Waals surface area (Å²) >= 11 is 0. The smallest absolute Gasteiger partial charge is 0.268 e. The van der Waals surface area contributed by atoms with E-state index in [1.54, 1.807) is 0 Å². The Labute approximate surface area is 192 Å². The largest absolute Gasteiger partial charge is 0.508 e. The number of benzene rings is 1. The monoisotopic (exact) mass is 466 g/mol. The van der Waals surface area contributed by atoms with E-state index in [0.29, 0.717) is 12.8 Å². The number of allylic oxidation sites excluding steroid dienone is 4. The van der Waals surface area contributed by atoms with Crippen LogP contribution in [0.5, 0.6) is 11.5 Å². The number of amides is 1. The van der Waals surface area contributed by atoms with Crippen LogP contribution in [0.4, 0.5) is 0 Å². The van der Waals surface area contributed by atoms with Gasteiger partial charge in [-0.1, -0.05) is 43.1 Å². The van der Waals surface area contributed by atoms with E-state index >= 15 is 0 Å². The van der Waals surface area contributed by atoms with E-state index in [-0.39, 0.29) is 28.2 Å². The first-order valence-electron chi connectivity index (χ1n) is 11.1. The molecule has 0 radical (unpaired) electrons. The second-order valence-electron chi connectivity index (χ2n) is 8.50. The number of unbranched alkanes of at least 4 members (excludes halogenated alkanes) is 2. The summed E-state index contributed by atoms with van der Waals surface area (Å²) in [5, 5.41) is 21.4. The van der Waals surface area contributed by atoms with Crippen molar-refractivity contribution in [3.8, 4) is 11.5 Å². The SMILES string of the molecule is CCCCCc1cc(O)c(C/C=C(\C)CCC=C(C)C)c(O)c1S(=O)(=O)NC(=O)C(C)N. The molecule has 0 aromatic heterocycles. The lowest BCUT2D eigenvalue weighted by molar-refractivity contribution is -0.120. The van der Waals surface area contributed by atoms with Crippen LogP contribution >= 0.6 is 0 Å². The molecule has 1 rings (SSSR count). The highest BCUT2D eigenvalue weighted by atomic mass is 32.2. The number of nitrogens with one attached hydrogen (secondary N) is 1. The second-order valence-corrected chi connectivity index (χ2v) is 10.1. The lowest BCUT2D eigenvalue weighted by Gasteiger charge is -2.17. The number of nitrogens with two attached hydrogens (primary N) is 1. The Bertz CT molecular complexity index is 959. The van der Waals surface area contributed by atoms with Gasteiger partial charge < -0.3 is 15.9 Å². The number of hydrogen-bond donors (Lipinski definition) is 4. The number of hydrogen-bond acceptors (Lipinski definition) is 6. The van der Waals surface area contributed by atoms with Crippen molar-refractivity contribution in [3.05, 3.63) is 40.5 Å². The van der Waals surface area contributed by atoms with Gasteiger partial charge in [0.1, 0.15) is 16.4 Å². The number of phenolic OH excluding ortho intramolecular Hbond substituents is 2. The van der Waals surface area contributed by atoms with Crippen molar-refractivity contribution in [1.82, 2.24) is 4.72 Å². The van der Waals surface area contributed by atoms with Crippen molar-refractivity contribution in [1.29, 1.82) is 0 Å². The lowest BCUT2D eigenvalue weighted by atomic mass is 10.00. The van der Waals surface area contributed by atoms with Gasteiger partial charge in [-0.2, -0.15) is 0 Å². The molecule has 8 heteroatoms. The summed E-state index contributed by atoms with van der Waals surface area (Å²) in [6, 6.07) is 0.348. The van der Waals surface area contributed by atoms with Gasteiger partial charge in [0, 0.05) is 5.56 Å². The zero-order valence-corrected chi connectivity index (χ0v) is 20.7. The molecule has 1 aromatic carbocycles. The molecular formula is C24H38N2O5S. The number of sulfonamides is 1. The van der Waals surface area contributed by atoms with E-state index in [4.69, 9.17) is 5.73 Å². The summed E-state index contributed by atoms with van der Waals surface area (Å²) in [4.78, 5) is 11.6. The molecule has 1 unspecified atom stereocenters. The maximum Gasteiger partial charge on any atom is 0.268 e. The molecule has 7 nitrogen and oxygen atoms in total. The Balaban J connectivity index is 3.38. The highest BCUT2D eigenvalue weighted by Crippen LogP contribution is 2.38. The third-order valence-corrected chi connectivity index (χ3v) is 6.59. The van der Waals surface area contributed by atoms with Crippen molar-refractivity contribution in [2.24, 2.45) is 5.73 Å². The zero-order valence-electron chi connectivity index (χ0n) is 19.9. The molecule has 5 N–H and O–H groups in total. The number of phenols is 2. The summed E-state index contributed by atoms with van der Waals surface area (Å²) in [5.41, 5.74) is 8.17. The average molecular weight is 467 g/mol. The molecular weight excluding hydrogens is 428 g/mol. The van der Waals surface area contributed by atoms with Crippen molar-refractivity contribution < 1.29 is 23.4 Å². The Morgan fingerprint density at radius 2 is 1.84 bits per heavy atom. The Kier molecular flexibility index (Phi) is 11.0. The van der Waals surface area contributed by atoms with Gasteiger partial charge in [0.25, 0.3) is 10.0 Å². The number of aryl methyl sites for hydroxylation is 1. The normalized spacial score (nSPS) is 13.0. The van der Waals surface area contributed by atoms with Gasteiger partial charge >= 0.3 is 0 Å². The minimum atomic E-state index is -4.37. The predicted molar refractivity (Wildman–Crippen MR) is 128 cm³/mol. The molecule has 0 heterocycles. The molecule has 0 saturated heterocycles. The molecule has 0 bridgehead atoms. The van der Waals surface area contributed by atoms with Crippen LogP contribution in [0.3, 0.4) is 0 Å². The minimum absolute atomic E-state index is 0.111. The predicted octanol–water partition coefficient (Wildman–Crippen LogP) is 4.22. The van der Waals surface area contributed by atoms with Crippen LogP contribution in [0.15, 0.2) is 34.3 Å². The minimum Gasteiger partial charge on any atom is -0.508 e. The van der Waals surface area contributed by atoms with Crippen LogP contribution < -0.4 is 10.5 Å². The highest BCUT2D eigenvalue weighted by Gasteiger charge is 2.29. The Morgan fingerprint density at radius 1 is 1.19 bits per heavy atom.